The number of imidazole rings is 1. The Morgan fingerprint density at radius 2 is 2.17 bits per heavy atom. The Labute approximate surface area is 139 Å². The zero-order chi connectivity index (χ0) is 16.7. The summed E-state index contributed by atoms with van der Waals surface area (Å²) >= 11 is 0. The van der Waals surface area contributed by atoms with Crippen LogP contribution in [-0.4, -0.2) is 27.7 Å². The van der Waals surface area contributed by atoms with Gasteiger partial charge in [-0.15, -0.1) is 0 Å². The Morgan fingerprint density at radius 3 is 2.83 bits per heavy atom. The van der Waals surface area contributed by atoms with Crippen LogP contribution in [-0.2, 0) is 11.8 Å². The van der Waals surface area contributed by atoms with Crippen molar-refractivity contribution in [3.05, 3.63) is 42.2 Å². The zero-order valence-electron chi connectivity index (χ0n) is 13.6. The number of rotatable bonds is 3. The first-order chi connectivity index (χ1) is 11.7. The van der Waals surface area contributed by atoms with Crippen LogP contribution in [0.25, 0.3) is 22.4 Å². The third kappa shape index (κ3) is 2.60. The first-order valence-electron chi connectivity index (χ1n) is 7.93. The van der Waals surface area contributed by atoms with Crippen LogP contribution in [0.2, 0.25) is 0 Å². The quantitative estimate of drug-likeness (QED) is 0.798. The second-order valence-corrected chi connectivity index (χ2v) is 6.08. The van der Waals surface area contributed by atoms with Crippen molar-refractivity contribution in [1.82, 2.24) is 14.5 Å². The fourth-order valence-electron chi connectivity index (χ4n) is 2.96. The molecule has 0 radical (unpaired) electrons. The molecule has 1 saturated carbocycles. The number of carbonyl (C=O) groups excluding carboxylic acids is 1. The summed E-state index contributed by atoms with van der Waals surface area (Å²) in [4.78, 5) is 20.6. The molecule has 0 saturated heterocycles. The number of anilines is 1. The molecule has 24 heavy (non-hydrogen) atoms. The van der Waals surface area contributed by atoms with E-state index in [2.05, 4.69) is 21.1 Å². The molecule has 4 rings (SSSR count). The Balaban J connectivity index is 1.86. The normalized spacial score (nSPS) is 13.9. The van der Waals surface area contributed by atoms with Crippen LogP contribution in [0.3, 0.4) is 0 Å². The van der Waals surface area contributed by atoms with Crippen molar-refractivity contribution in [3.63, 3.8) is 0 Å². The minimum Gasteiger partial charge on any atom is -0.453 e. The van der Waals surface area contributed by atoms with Crippen LogP contribution in [0.15, 0.2) is 36.7 Å². The lowest BCUT2D eigenvalue weighted by molar-refractivity contribution is 0.187. The van der Waals surface area contributed by atoms with Crippen LogP contribution in [0.1, 0.15) is 24.3 Å². The average molecular weight is 322 g/mol. The maximum absolute atomic E-state index is 11.4. The Morgan fingerprint density at radius 1 is 1.33 bits per heavy atom. The maximum atomic E-state index is 11.4. The smallest absolute Gasteiger partial charge is 0.411 e. The lowest BCUT2D eigenvalue weighted by atomic mass is 10.0. The first-order valence-corrected chi connectivity index (χ1v) is 7.93. The molecule has 0 spiro atoms. The van der Waals surface area contributed by atoms with Gasteiger partial charge in [-0.25, -0.2) is 14.8 Å². The van der Waals surface area contributed by atoms with Gasteiger partial charge in [0.2, 0.25) is 0 Å². The highest BCUT2D eigenvalue weighted by Gasteiger charge is 2.27. The Bertz CT molecular complexity index is 928. The second-order valence-electron chi connectivity index (χ2n) is 6.08. The molecule has 1 aliphatic carbocycles. The summed E-state index contributed by atoms with van der Waals surface area (Å²) in [5.74, 6) is 1.43. The third-order valence-corrected chi connectivity index (χ3v) is 4.34. The van der Waals surface area contributed by atoms with Crippen molar-refractivity contribution in [1.29, 1.82) is 0 Å². The van der Waals surface area contributed by atoms with Gasteiger partial charge in [0.05, 0.1) is 12.6 Å². The van der Waals surface area contributed by atoms with Gasteiger partial charge in [0.25, 0.3) is 0 Å². The third-order valence-electron chi connectivity index (χ3n) is 4.34. The second kappa shape index (κ2) is 5.63. The SMILES string of the molecule is COC(=O)Nc1ccc2c(C3CC3)cc(-c3nccn3C)nc2c1. The van der Waals surface area contributed by atoms with Crippen molar-refractivity contribution < 1.29 is 9.53 Å². The van der Waals surface area contributed by atoms with Crippen molar-refractivity contribution in [2.75, 3.05) is 12.4 Å². The predicted molar refractivity (Wildman–Crippen MR) is 91.9 cm³/mol. The molecule has 1 fully saturated rings. The zero-order valence-corrected chi connectivity index (χ0v) is 13.6. The van der Waals surface area contributed by atoms with Crippen molar-refractivity contribution in [2.24, 2.45) is 7.05 Å². The predicted octanol–water partition coefficient (Wildman–Crippen LogP) is 3.69. The number of aromatic nitrogens is 3. The van der Waals surface area contributed by atoms with Gasteiger partial charge in [-0.05, 0) is 42.5 Å². The fourth-order valence-corrected chi connectivity index (χ4v) is 2.96. The number of nitrogens with zero attached hydrogens (tertiary/aromatic N) is 3. The lowest BCUT2D eigenvalue weighted by Crippen LogP contribution is -2.10. The number of hydrogen-bond acceptors (Lipinski definition) is 4. The van der Waals surface area contributed by atoms with Gasteiger partial charge in [0, 0.05) is 30.5 Å². The maximum Gasteiger partial charge on any atom is 0.411 e. The van der Waals surface area contributed by atoms with E-state index in [1.807, 2.05) is 36.0 Å². The van der Waals surface area contributed by atoms with Crippen molar-refractivity contribution >= 4 is 22.7 Å². The summed E-state index contributed by atoms with van der Waals surface area (Å²) in [6.07, 6.45) is 5.61. The van der Waals surface area contributed by atoms with E-state index in [1.165, 1.54) is 25.5 Å². The number of amides is 1. The standard InChI is InChI=1S/C18H18N4O2/c1-22-8-7-19-17(22)16-10-14(11-3-4-11)13-6-5-12(9-15(13)21-16)20-18(23)24-2/h5-11H,3-4H2,1-2H3,(H,20,23). The highest BCUT2D eigenvalue weighted by Crippen LogP contribution is 2.44. The van der Waals surface area contributed by atoms with Gasteiger partial charge >= 0.3 is 6.09 Å². The number of methoxy groups -OCH3 is 1. The van der Waals surface area contributed by atoms with Gasteiger partial charge in [-0.1, -0.05) is 6.07 Å². The van der Waals surface area contributed by atoms with E-state index in [1.54, 1.807) is 6.20 Å². The van der Waals surface area contributed by atoms with Crippen LogP contribution >= 0.6 is 0 Å². The summed E-state index contributed by atoms with van der Waals surface area (Å²) in [5, 5.41) is 3.82. The average Bonchev–Trinajstić information content (AvgIpc) is 3.34. The Kier molecular flexibility index (Phi) is 3.45. The molecule has 3 aromatic rings. The summed E-state index contributed by atoms with van der Waals surface area (Å²) < 4.78 is 6.61. The van der Waals surface area contributed by atoms with Crippen molar-refractivity contribution in [2.45, 2.75) is 18.8 Å². The van der Waals surface area contributed by atoms with Crippen LogP contribution in [0.5, 0.6) is 0 Å². The molecule has 2 heterocycles. The molecule has 1 aromatic carbocycles. The summed E-state index contributed by atoms with van der Waals surface area (Å²) in [6, 6.07) is 7.93. The topological polar surface area (TPSA) is 69.0 Å². The van der Waals surface area contributed by atoms with Crippen molar-refractivity contribution in [3.8, 4) is 11.5 Å². The van der Waals surface area contributed by atoms with Gasteiger partial charge in [0.15, 0.2) is 5.82 Å². The summed E-state index contributed by atoms with van der Waals surface area (Å²) in [5.41, 5.74) is 3.68. The number of hydrogen-bond donors (Lipinski definition) is 1. The molecular weight excluding hydrogens is 304 g/mol. The molecule has 0 aliphatic heterocycles. The van der Waals surface area contributed by atoms with E-state index in [9.17, 15) is 4.79 Å². The number of nitrogens with one attached hydrogen (secondary N) is 1. The molecule has 2 aromatic heterocycles. The van der Waals surface area contributed by atoms with E-state index in [-0.39, 0.29) is 0 Å². The molecule has 6 heteroatoms. The molecule has 0 bridgehead atoms. The van der Waals surface area contributed by atoms with Gasteiger partial charge in [-0.3, -0.25) is 5.32 Å². The summed E-state index contributed by atoms with van der Waals surface area (Å²) in [6.45, 7) is 0. The number of carbonyl (C=O) groups is 1. The fraction of sp³-hybridized carbons (Fsp3) is 0.278. The molecule has 0 unspecified atom stereocenters. The number of ether oxygens (including phenoxy) is 1. The van der Waals surface area contributed by atoms with E-state index in [0.29, 0.717) is 11.6 Å². The van der Waals surface area contributed by atoms with Gasteiger partial charge in [-0.2, -0.15) is 0 Å². The Hall–Kier alpha value is -2.89. The minimum absolute atomic E-state index is 0.489. The highest BCUT2D eigenvalue weighted by atomic mass is 16.5. The molecule has 1 aliphatic rings. The van der Waals surface area contributed by atoms with E-state index in [4.69, 9.17) is 4.98 Å². The number of aryl methyl sites for hydroxylation is 1. The summed E-state index contributed by atoms with van der Waals surface area (Å²) in [7, 11) is 3.30. The minimum atomic E-state index is -0.489. The number of fused-ring (bicyclic) bond motifs is 1. The van der Waals surface area contributed by atoms with Gasteiger partial charge < -0.3 is 9.30 Å². The molecule has 6 nitrogen and oxygen atoms in total. The number of benzene rings is 1. The molecule has 122 valence electrons. The van der Waals surface area contributed by atoms with Crippen LogP contribution in [0.4, 0.5) is 10.5 Å². The molecule has 0 atom stereocenters. The van der Waals surface area contributed by atoms with Gasteiger partial charge in [0.1, 0.15) is 5.69 Å². The van der Waals surface area contributed by atoms with E-state index in [0.717, 1.165) is 22.4 Å². The molecular formula is C18H18N4O2. The highest BCUT2D eigenvalue weighted by molar-refractivity contribution is 5.92. The molecule has 1 amide bonds. The molecule has 1 N–H and O–H groups in total. The lowest BCUT2D eigenvalue weighted by Gasteiger charge is -2.11. The van der Waals surface area contributed by atoms with Crippen LogP contribution < -0.4 is 5.32 Å². The van der Waals surface area contributed by atoms with Crippen LogP contribution in [0, 0.1) is 0 Å². The van der Waals surface area contributed by atoms with E-state index < -0.39 is 6.09 Å². The first kappa shape index (κ1) is 14.7. The largest absolute Gasteiger partial charge is 0.453 e. The number of pyridine rings is 1. The van der Waals surface area contributed by atoms with E-state index >= 15 is 0 Å². The monoisotopic (exact) mass is 322 g/mol.